The van der Waals surface area contributed by atoms with Gasteiger partial charge in [0.2, 0.25) is 0 Å². The predicted molar refractivity (Wildman–Crippen MR) is 70.6 cm³/mol. The normalized spacial score (nSPS) is 14.2. The van der Waals surface area contributed by atoms with E-state index in [9.17, 15) is 15.0 Å². The quantitative estimate of drug-likeness (QED) is 0.843. The summed E-state index contributed by atoms with van der Waals surface area (Å²) in [5, 5.41) is 21.4. The number of methoxy groups -OCH3 is 1. The summed E-state index contributed by atoms with van der Waals surface area (Å²) in [6.07, 6.45) is -2.80. The Hall–Kier alpha value is -1.21. The van der Waals surface area contributed by atoms with Gasteiger partial charge in [-0.2, -0.15) is 0 Å². The van der Waals surface area contributed by atoms with Crippen molar-refractivity contribution in [2.24, 2.45) is 0 Å². The molecule has 18 heavy (non-hydrogen) atoms. The molecule has 2 aromatic rings. The van der Waals surface area contributed by atoms with Crippen molar-refractivity contribution in [1.29, 1.82) is 0 Å². The zero-order valence-electron chi connectivity index (χ0n) is 9.57. The fraction of sp³-hybridized carbons (Fsp3) is 0.250. The van der Waals surface area contributed by atoms with Crippen molar-refractivity contribution in [3.63, 3.8) is 0 Å². The van der Waals surface area contributed by atoms with E-state index in [1.807, 2.05) is 23.6 Å². The zero-order chi connectivity index (χ0) is 13.1. The number of aliphatic hydroxyl groups excluding tert-OH is 2. The Morgan fingerprint density at radius 3 is 2.67 bits per heavy atom. The maximum atomic E-state index is 11.1. The van der Waals surface area contributed by atoms with Crippen molar-refractivity contribution in [1.82, 2.24) is 0 Å². The van der Waals surface area contributed by atoms with Gasteiger partial charge in [0, 0.05) is 14.6 Å². The Balaban J connectivity index is 2.17. The van der Waals surface area contributed by atoms with Crippen LogP contribution in [0.15, 0.2) is 29.6 Å². The number of rotatable bonds is 4. The van der Waals surface area contributed by atoms with Gasteiger partial charge in [-0.3, -0.25) is 0 Å². The van der Waals surface area contributed by atoms with Crippen molar-refractivity contribution >= 4 is 28.6 Å². The molecule has 2 rings (SSSR count). The first-order valence-corrected chi connectivity index (χ1v) is 6.90. The minimum atomic E-state index is -1.55. The molecular weight excluding hydrogens is 272 g/mol. The minimum absolute atomic E-state index is 0.538. The van der Waals surface area contributed by atoms with E-state index in [-0.39, 0.29) is 0 Å². The Kier molecular flexibility index (Phi) is 4.13. The molecular formula is C12H12O4S2. The second-order valence-corrected chi connectivity index (χ2v) is 5.66. The number of thiophene rings is 2. The Morgan fingerprint density at radius 1 is 1.28 bits per heavy atom. The highest BCUT2D eigenvalue weighted by molar-refractivity contribution is 7.21. The topological polar surface area (TPSA) is 66.8 Å². The summed E-state index contributed by atoms with van der Waals surface area (Å²) in [6, 6.07) is 7.48. The first-order chi connectivity index (χ1) is 8.63. The van der Waals surface area contributed by atoms with Crippen molar-refractivity contribution in [2.45, 2.75) is 12.2 Å². The number of esters is 1. The fourth-order valence-corrected chi connectivity index (χ4v) is 3.33. The number of ether oxygens (including phenoxy) is 1. The molecule has 2 atom stereocenters. The van der Waals surface area contributed by atoms with Crippen LogP contribution in [0.1, 0.15) is 11.0 Å². The molecule has 0 aliphatic rings. The van der Waals surface area contributed by atoms with Crippen LogP contribution < -0.4 is 0 Å². The summed E-state index contributed by atoms with van der Waals surface area (Å²) < 4.78 is 4.39. The van der Waals surface area contributed by atoms with Crippen LogP contribution in [0.25, 0.3) is 9.75 Å². The molecule has 2 heterocycles. The number of hydrogen-bond acceptors (Lipinski definition) is 6. The van der Waals surface area contributed by atoms with E-state index in [1.165, 1.54) is 18.4 Å². The van der Waals surface area contributed by atoms with Crippen LogP contribution in [0.3, 0.4) is 0 Å². The first-order valence-electron chi connectivity index (χ1n) is 5.21. The zero-order valence-corrected chi connectivity index (χ0v) is 11.2. The van der Waals surface area contributed by atoms with E-state index in [2.05, 4.69) is 4.74 Å². The van der Waals surface area contributed by atoms with Gasteiger partial charge in [-0.1, -0.05) is 6.07 Å². The number of carbonyl (C=O) groups is 1. The SMILES string of the molecule is COC(=O)C(O)C(O)c1ccc(-c2cccs2)s1. The molecule has 0 saturated heterocycles. The number of hydrogen-bond donors (Lipinski definition) is 2. The fourth-order valence-electron chi connectivity index (χ4n) is 1.47. The molecule has 0 aliphatic carbocycles. The van der Waals surface area contributed by atoms with Gasteiger partial charge >= 0.3 is 5.97 Å². The van der Waals surface area contributed by atoms with Crippen LogP contribution >= 0.6 is 22.7 Å². The molecule has 0 radical (unpaired) electrons. The summed E-state index contributed by atoms with van der Waals surface area (Å²) in [7, 11) is 1.17. The third kappa shape index (κ3) is 2.62. The van der Waals surface area contributed by atoms with Gasteiger partial charge in [0.15, 0.2) is 6.10 Å². The molecule has 0 amide bonds. The summed E-state index contributed by atoms with van der Waals surface area (Å²) in [5.74, 6) is -0.839. The molecule has 2 unspecified atom stereocenters. The lowest BCUT2D eigenvalue weighted by molar-refractivity contribution is -0.156. The third-order valence-corrected chi connectivity index (χ3v) is 4.65. The van der Waals surface area contributed by atoms with E-state index in [0.717, 1.165) is 9.75 Å². The maximum absolute atomic E-state index is 11.1. The molecule has 96 valence electrons. The molecule has 0 fully saturated rings. The van der Waals surface area contributed by atoms with Gasteiger partial charge in [-0.05, 0) is 23.6 Å². The Morgan fingerprint density at radius 2 is 2.06 bits per heavy atom. The van der Waals surface area contributed by atoms with Gasteiger partial charge < -0.3 is 14.9 Å². The molecule has 0 spiro atoms. The van der Waals surface area contributed by atoms with E-state index < -0.39 is 18.2 Å². The van der Waals surface area contributed by atoms with Crippen molar-refractivity contribution in [3.8, 4) is 9.75 Å². The average molecular weight is 284 g/mol. The van der Waals surface area contributed by atoms with Crippen LogP contribution in [0.2, 0.25) is 0 Å². The highest BCUT2D eigenvalue weighted by atomic mass is 32.1. The van der Waals surface area contributed by atoms with Crippen molar-refractivity contribution in [2.75, 3.05) is 7.11 Å². The second kappa shape index (κ2) is 5.62. The van der Waals surface area contributed by atoms with Crippen LogP contribution in [-0.4, -0.2) is 29.4 Å². The summed E-state index contributed by atoms with van der Waals surface area (Å²) >= 11 is 2.94. The lowest BCUT2D eigenvalue weighted by Crippen LogP contribution is -2.28. The van der Waals surface area contributed by atoms with E-state index >= 15 is 0 Å². The van der Waals surface area contributed by atoms with Gasteiger partial charge in [-0.25, -0.2) is 4.79 Å². The van der Waals surface area contributed by atoms with Gasteiger partial charge in [0.25, 0.3) is 0 Å². The summed E-state index contributed by atoms with van der Waals surface area (Å²) in [6.45, 7) is 0. The van der Waals surface area contributed by atoms with Gasteiger partial charge in [-0.15, -0.1) is 22.7 Å². The maximum Gasteiger partial charge on any atom is 0.337 e. The molecule has 0 aromatic carbocycles. The molecule has 6 heteroatoms. The Labute approximate surface area is 112 Å². The molecule has 2 N–H and O–H groups in total. The molecule has 0 saturated carbocycles. The summed E-state index contributed by atoms with van der Waals surface area (Å²) in [5.41, 5.74) is 0. The average Bonchev–Trinajstić information content (AvgIpc) is 3.05. The largest absolute Gasteiger partial charge is 0.467 e. The van der Waals surface area contributed by atoms with Gasteiger partial charge in [0.1, 0.15) is 6.10 Å². The van der Waals surface area contributed by atoms with E-state index in [1.54, 1.807) is 17.4 Å². The lowest BCUT2D eigenvalue weighted by atomic mass is 10.2. The van der Waals surface area contributed by atoms with Crippen molar-refractivity contribution < 1.29 is 19.7 Å². The molecule has 4 nitrogen and oxygen atoms in total. The highest BCUT2D eigenvalue weighted by Gasteiger charge is 2.27. The Bertz CT molecular complexity index is 518. The van der Waals surface area contributed by atoms with E-state index in [0.29, 0.717) is 4.88 Å². The van der Waals surface area contributed by atoms with E-state index in [4.69, 9.17) is 0 Å². The summed E-state index contributed by atoms with van der Waals surface area (Å²) in [4.78, 5) is 13.8. The first kappa shape index (κ1) is 13.2. The monoisotopic (exact) mass is 284 g/mol. The second-order valence-electron chi connectivity index (χ2n) is 3.59. The number of aliphatic hydroxyl groups is 2. The van der Waals surface area contributed by atoms with Crippen LogP contribution in [-0.2, 0) is 9.53 Å². The van der Waals surface area contributed by atoms with Crippen molar-refractivity contribution in [3.05, 3.63) is 34.5 Å². The number of carbonyl (C=O) groups excluding carboxylic acids is 1. The highest BCUT2D eigenvalue weighted by Crippen LogP contribution is 2.34. The molecule has 0 aliphatic heterocycles. The molecule has 2 aromatic heterocycles. The van der Waals surface area contributed by atoms with Crippen LogP contribution in [0, 0.1) is 0 Å². The predicted octanol–water partition coefficient (Wildman–Crippen LogP) is 2.04. The smallest absolute Gasteiger partial charge is 0.337 e. The van der Waals surface area contributed by atoms with Gasteiger partial charge in [0.05, 0.1) is 7.11 Å². The standard InChI is InChI=1S/C12H12O4S2/c1-16-12(15)11(14)10(13)9-5-4-8(18-9)7-3-2-6-17-7/h2-6,10-11,13-14H,1H3. The minimum Gasteiger partial charge on any atom is -0.467 e. The van der Waals surface area contributed by atoms with Crippen LogP contribution in [0.5, 0.6) is 0 Å². The third-order valence-electron chi connectivity index (χ3n) is 2.42. The van der Waals surface area contributed by atoms with Crippen LogP contribution in [0.4, 0.5) is 0 Å². The molecule has 0 bridgehead atoms. The lowest BCUT2D eigenvalue weighted by Gasteiger charge is -2.13.